The standard InChI is InChI=1S/C18H33NO4Si/c1-13(2)12-15(20)16(21)19-14(17(22)23-6)10-9-11-24(7,8)18(3,4)5/h13-15,20H,10,12H2,1-8H3,(H,19,21)/t14-,15+/m0/s1. The third kappa shape index (κ3) is 7.50. The molecule has 1 amide bonds. The minimum Gasteiger partial charge on any atom is -0.467 e. The average molecular weight is 356 g/mol. The zero-order valence-electron chi connectivity index (χ0n) is 16.3. The van der Waals surface area contributed by atoms with Crippen molar-refractivity contribution in [1.29, 1.82) is 0 Å². The van der Waals surface area contributed by atoms with Crippen molar-refractivity contribution >= 4 is 20.0 Å². The molecular formula is C18H33NO4Si. The third-order valence-electron chi connectivity index (χ3n) is 4.38. The van der Waals surface area contributed by atoms with Crippen LogP contribution in [0.4, 0.5) is 0 Å². The van der Waals surface area contributed by atoms with Gasteiger partial charge < -0.3 is 15.2 Å². The summed E-state index contributed by atoms with van der Waals surface area (Å²) in [5.74, 6) is 2.12. The summed E-state index contributed by atoms with van der Waals surface area (Å²) >= 11 is 0. The molecule has 6 heteroatoms. The fraction of sp³-hybridized carbons (Fsp3) is 0.778. The van der Waals surface area contributed by atoms with Crippen LogP contribution in [-0.4, -0.2) is 44.3 Å². The number of aliphatic hydroxyl groups excluding tert-OH is 1. The summed E-state index contributed by atoms with van der Waals surface area (Å²) in [4.78, 5) is 23.9. The van der Waals surface area contributed by atoms with E-state index in [1.165, 1.54) is 7.11 Å². The number of aliphatic hydroxyl groups is 1. The minimum atomic E-state index is -1.78. The fourth-order valence-corrected chi connectivity index (χ4v) is 2.64. The zero-order chi connectivity index (χ0) is 19.1. The molecule has 24 heavy (non-hydrogen) atoms. The van der Waals surface area contributed by atoms with Crippen LogP contribution in [0.1, 0.15) is 47.5 Å². The summed E-state index contributed by atoms with van der Waals surface area (Å²) in [6.45, 7) is 14.7. The Balaban J connectivity index is 5.01. The van der Waals surface area contributed by atoms with E-state index in [1.54, 1.807) is 0 Å². The number of carbonyl (C=O) groups is 2. The minimum absolute atomic E-state index is 0.122. The van der Waals surface area contributed by atoms with Crippen molar-refractivity contribution in [3.63, 3.8) is 0 Å². The number of amides is 1. The predicted octanol–water partition coefficient (Wildman–Crippen LogP) is 2.49. The van der Waals surface area contributed by atoms with Crippen LogP contribution in [0.15, 0.2) is 0 Å². The molecule has 2 N–H and O–H groups in total. The molecule has 0 bridgehead atoms. The van der Waals surface area contributed by atoms with Crippen LogP contribution in [0, 0.1) is 17.4 Å². The molecular weight excluding hydrogens is 322 g/mol. The normalized spacial score (nSPS) is 14.4. The Morgan fingerprint density at radius 3 is 2.21 bits per heavy atom. The molecule has 0 aliphatic rings. The molecule has 138 valence electrons. The predicted molar refractivity (Wildman–Crippen MR) is 99.0 cm³/mol. The highest BCUT2D eigenvalue weighted by Gasteiger charge is 2.33. The molecule has 0 aliphatic carbocycles. The maximum absolute atomic E-state index is 12.0. The summed E-state index contributed by atoms with van der Waals surface area (Å²) in [5, 5.41) is 12.5. The Hall–Kier alpha value is -1.32. The summed E-state index contributed by atoms with van der Waals surface area (Å²) < 4.78 is 4.73. The second-order valence-corrected chi connectivity index (χ2v) is 13.1. The first-order chi connectivity index (χ1) is 10.8. The van der Waals surface area contributed by atoms with Gasteiger partial charge in [0.05, 0.1) is 7.11 Å². The lowest BCUT2D eigenvalue weighted by atomic mass is 10.1. The topological polar surface area (TPSA) is 75.6 Å². The average Bonchev–Trinajstić information content (AvgIpc) is 2.43. The molecule has 0 aromatic rings. The van der Waals surface area contributed by atoms with Crippen LogP contribution in [0.5, 0.6) is 0 Å². The van der Waals surface area contributed by atoms with Crippen LogP contribution in [0.25, 0.3) is 0 Å². The van der Waals surface area contributed by atoms with E-state index in [0.717, 1.165) is 0 Å². The van der Waals surface area contributed by atoms with Crippen molar-refractivity contribution in [3.05, 3.63) is 0 Å². The van der Waals surface area contributed by atoms with Gasteiger partial charge in [-0.15, -0.1) is 11.5 Å². The molecule has 0 rings (SSSR count). The summed E-state index contributed by atoms with van der Waals surface area (Å²) in [6, 6.07) is -0.860. The van der Waals surface area contributed by atoms with Gasteiger partial charge in [0.2, 0.25) is 5.91 Å². The van der Waals surface area contributed by atoms with E-state index in [1.807, 2.05) is 13.8 Å². The highest BCUT2D eigenvalue weighted by Crippen LogP contribution is 2.35. The second kappa shape index (κ2) is 9.24. The van der Waals surface area contributed by atoms with Crippen LogP contribution in [0.3, 0.4) is 0 Å². The fourth-order valence-electron chi connectivity index (χ4n) is 1.72. The van der Waals surface area contributed by atoms with Crippen LogP contribution < -0.4 is 5.32 Å². The molecule has 0 heterocycles. The van der Waals surface area contributed by atoms with E-state index in [-0.39, 0.29) is 17.4 Å². The number of hydrogen-bond acceptors (Lipinski definition) is 4. The van der Waals surface area contributed by atoms with Crippen LogP contribution in [0.2, 0.25) is 18.1 Å². The van der Waals surface area contributed by atoms with E-state index < -0.39 is 32.1 Å². The SMILES string of the molecule is COC(=O)[C@H](CC#C[Si](C)(C)C(C)(C)C)NC(=O)[C@H](O)CC(C)C. The monoisotopic (exact) mass is 355 g/mol. The first kappa shape index (κ1) is 22.7. The van der Waals surface area contributed by atoms with Gasteiger partial charge >= 0.3 is 5.97 Å². The van der Waals surface area contributed by atoms with Crippen molar-refractivity contribution in [2.75, 3.05) is 7.11 Å². The Kier molecular flexibility index (Phi) is 8.73. The van der Waals surface area contributed by atoms with Gasteiger partial charge in [0.1, 0.15) is 20.2 Å². The first-order valence-corrected chi connectivity index (χ1v) is 11.4. The van der Waals surface area contributed by atoms with Crippen LogP contribution >= 0.6 is 0 Å². The maximum atomic E-state index is 12.0. The Morgan fingerprint density at radius 1 is 1.25 bits per heavy atom. The number of nitrogens with one attached hydrogen (secondary N) is 1. The maximum Gasteiger partial charge on any atom is 0.329 e. The molecule has 2 atom stereocenters. The number of rotatable bonds is 6. The molecule has 0 aromatic heterocycles. The quantitative estimate of drug-likeness (QED) is 0.436. The van der Waals surface area contributed by atoms with Gasteiger partial charge in [-0.1, -0.05) is 47.7 Å². The van der Waals surface area contributed by atoms with Crippen LogP contribution in [-0.2, 0) is 14.3 Å². The van der Waals surface area contributed by atoms with Gasteiger partial charge in [-0.2, -0.15) is 0 Å². The lowest BCUT2D eigenvalue weighted by Gasteiger charge is -2.31. The molecule has 0 aliphatic heterocycles. The van der Waals surface area contributed by atoms with Crippen molar-refractivity contribution < 1.29 is 19.4 Å². The van der Waals surface area contributed by atoms with Gasteiger partial charge in [-0.3, -0.25) is 4.79 Å². The molecule has 5 nitrogen and oxygen atoms in total. The lowest BCUT2D eigenvalue weighted by molar-refractivity contribution is -0.146. The molecule has 0 aromatic carbocycles. The molecule has 0 fully saturated rings. The van der Waals surface area contributed by atoms with E-state index in [0.29, 0.717) is 6.42 Å². The highest BCUT2D eigenvalue weighted by molar-refractivity contribution is 6.87. The van der Waals surface area contributed by atoms with Crippen molar-refractivity contribution in [1.82, 2.24) is 5.32 Å². The summed E-state index contributed by atoms with van der Waals surface area (Å²) in [5.41, 5.74) is 3.31. The number of methoxy groups -OCH3 is 1. The van der Waals surface area contributed by atoms with E-state index in [2.05, 4.69) is 50.6 Å². The molecule has 0 saturated heterocycles. The van der Waals surface area contributed by atoms with E-state index in [4.69, 9.17) is 4.74 Å². The van der Waals surface area contributed by atoms with Crippen molar-refractivity contribution in [2.45, 2.75) is 77.7 Å². The Morgan fingerprint density at radius 2 is 1.79 bits per heavy atom. The van der Waals surface area contributed by atoms with Gasteiger partial charge in [-0.05, 0) is 17.4 Å². The zero-order valence-corrected chi connectivity index (χ0v) is 17.3. The van der Waals surface area contributed by atoms with Crippen molar-refractivity contribution in [2.24, 2.45) is 5.92 Å². The smallest absolute Gasteiger partial charge is 0.329 e. The molecule has 0 unspecified atom stereocenters. The molecule has 0 spiro atoms. The Labute approximate surface area is 147 Å². The molecule has 0 saturated carbocycles. The number of hydrogen-bond donors (Lipinski definition) is 2. The lowest BCUT2D eigenvalue weighted by Crippen LogP contribution is -2.46. The van der Waals surface area contributed by atoms with E-state index >= 15 is 0 Å². The number of esters is 1. The van der Waals surface area contributed by atoms with Gasteiger partial charge in [0.25, 0.3) is 0 Å². The third-order valence-corrected chi connectivity index (χ3v) is 8.93. The van der Waals surface area contributed by atoms with Crippen molar-refractivity contribution in [3.8, 4) is 11.5 Å². The van der Waals surface area contributed by atoms with Gasteiger partial charge in [0, 0.05) is 6.42 Å². The Bertz CT molecular complexity index is 497. The summed E-state index contributed by atoms with van der Waals surface area (Å²) in [7, 11) is -0.504. The summed E-state index contributed by atoms with van der Waals surface area (Å²) in [6.07, 6.45) is -0.611. The molecule has 0 radical (unpaired) electrons. The first-order valence-electron chi connectivity index (χ1n) is 8.38. The van der Waals surface area contributed by atoms with Gasteiger partial charge in [0.15, 0.2) is 0 Å². The number of ether oxygens (including phenoxy) is 1. The largest absolute Gasteiger partial charge is 0.467 e. The van der Waals surface area contributed by atoms with Gasteiger partial charge in [-0.25, -0.2) is 4.79 Å². The second-order valence-electron chi connectivity index (χ2n) is 8.11. The number of carbonyl (C=O) groups excluding carboxylic acids is 2. The van der Waals surface area contributed by atoms with E-state index in [9.17, 15) is 14.7 Å². The highest BCUT2D eigenvalue weighted by atomic mass is 28.3.